The molecule has 2 nitrogen and oxygen atoms in total. The van der Waals surface area contributed by atoms with Gasteiger partial charge >= 0.3 is 0 Å². The van der Waals surface area contributed by atoms with Crippen LogP contribution in [0.1, 0.15) is 5.56 Å². The van der Waals surface area contributed by atoms with E-state index in [0.29, 0.717) is 16.8 Å². The Morgan fingerprint density at radius 2 is 2.11 bits per heavy atom. The molecule has 0 aromatic heterocycles. The standard InChI is InChI=1S/C15H12BrFO2/c16-13-6-5-11(8-14(13)17)18-9-12-7-10-3-1-2-4-15(10)19-12/h1-6,8,12H,7,9H2. The van der Waals surface area contributed by atoms with E-state index in [-0.39, 0.29) is 11.9 Å². The minimum Gasteiger partial charge on any atom is -0.490 e. The number of ether oxygens (including phenoxy) is 2. The number of hydrogen-bond donors (Lipinski definition) is 0. The van der Waals surface area contributed by atoms with E-state index < -0.39 is 0 Å². The number of benzene rings is 2. The molecule has 2 aromatic rings. The van der Waals surface area contributed by atoms with Gasteiger partial charge in [-0.25, -0.2) is 4.39 Å². The van der Waals surface area contributed by atoms with Gasteiger partial charge in [0.2, 0.25) is 0 Å². The van der Waals surface area contributed by atoms with Crippen LogP contribution in [0.3, 0.4) is 0 Å². The molecule has 3 rings (SSSR count). The van der Waals surface area contributed by atoms with E-state index in [1.165, 1.54) is 11.6 Å². The molecule has 4 heteroatoms. The maximum absolute atomic E-state index is 13.3. The quantitative estimate of drug-likeness (QED) is 0.851. The molecule has 2 aromatic carbocycles. The average Bonchev–Trinajstić information content (AvgIpc) is 2.83. The molecule has 1 heterocycles. The van der Waals surface area contributed by atoms with Crippen LogP contribution in [0.15, 0.2) is 46.9 Å². The van der Waals surface area contributed by atoms with Gasteiger partial charge in [-0.1, -0.05) is 18.2 Å². The number of para-hydroxylation sites is 1. The molecular formula is C15H12BrFO2. The van der Waals surface area contributed by atoms with E-state index in [4.69, 9.17) is 9.47 Å². The van der Waals surface area contributed by atoms with Gasteiger partial charge in [0.1, 0.15) is 30.0 Å². The molecule has 1 aliphatic heterocycles. The van der Waals surface area contributed by atoms with E-state index >= 15 is 0 Å². The zero-order valence-electron chi connectivity index (χ0n) is 10.1. The van der Waals surface area contributed by atoms with Crippen molar-refractivity contribution in [1.29, 1.82) is 0 Å². The molecule has 0 saturated carbocycles. The van der Waals surface area contributed by atoms with Crippen LogP contribution in [-0.4, -0.2) is 12.7 Å². The molecule has 1 atom stereocenters. The van der Waals surface area contributed by atoms with Crippen LogP contribution in [0.4, 0.5) is 4.39 Å². The van der Waals surface area contributed by atoms with Crippen molar-refractivity contribution >= 4 is 15.9 Å². The summed E-state index contributed by atoms with van der Waals surface area (Å²) in [6, 6.07) is 12.7. The monoisotopic (exact) mass is 322 g/mol. The number of hydrogen-bond acceptors (Lipinski definition) is 2. The first-order valence-corrected chi connectivity index (χ1v) is 6.84. The Hall–Kier alpha value is -1.55. The molecule has 0 aliphatic carbocycles. The second kappa shape index (κ2) is 5.21. The van der Waals surface area contributed by atoms with Crippen LogP contribution < -0.4 is 9.47 Å². The molecule has 0 amide bonds. The van der Waals surface area contributed by atoms with Gasteiger partial charge in [-0.3, -0.25) is 0 Å². The Balaban J connectivity index is 1.61. The SMILES string of the molecule is Fc1cc(OCC2Cc3ccccc3O2)ccc1Br. The lowest BCUT2D eigenvalue weighted by Crippen LogP contribution is -2.22. The molecule has 0 spiro atoms. The predicted octanol–water partition coefficient (Wildman–Crippen LogP) is 3.97. The zero-order valence-corrected chi connectivity index (χ0v) is 11.7. The summed E-state index contributed by atoms with van der Waals surface area (Å²) in [5.74, 6) is 1.10. The summed E-state index contributed by atoms with van der Waals surface area (Å²) in [5, 5.41) is 0. The van der Waals surface area contributed by atoms with E-state index in [9.17, 15) is 4.39 Å². The molecule has 0 bridgehead atoms. The van der Waals surface area contributed by atoms with Crippen molar-refractivity contribution in [2.75, 3.05) is 6.61 Å². The van der Waals surface area contributed by atoms with E-state index in [2.05, 4.69) is 22.0 Å². The van der Waals surface area contributed by atoms with Crippen molar-refractivity contribution < 1.29 is 13.9 Å². The van der Waals surface area contributed by atoms with Gasteiger partial charge in [0.25, 0.3) is 0 Å². The van der Waals surface area contributed by atoms with Crippen LogP contribution in [0.2, 0.25) is 0 Å². The summed E-state index contributed by atoms with van der Waals surface area (Å²) in [7, 11) is 0. The third-order valence-electron chi connectivity index (χ3n) is 3.04. The van der Waals surface area contributed by atoms with Crippen molar-refractivity contribution in [3.63, 3.8) is 0 Å². The van der Waals surface area contributed by atoms with E-state index in [0.717, 1.165) is 12.2 Å². The molecule has 0 fully saturated rings. The smallest absolute Gasteiger partial charge is 0.141 e. The van der Waals surface area contributed by atoms with Gasteiger partial charge in [0.15, 0.2) is 0 Å². The summed E-state index contributed by atoms with van der Waals surface area (Å²) in [4.78, 5) is 0. The first kappa shape index (κ1) is 12.5. The van der Waals surface area contributed by atoms with Gasteiger partial charge in [0, 0.05) is 12.5 Å². The highest BCUT2D eigenvalue weighted by molar-refractivity contribution is 9.10. The van der Waals surface area contributed by atoms with Gasteiger partial charge in [-0.05, 0) is 39.7 Å². The largest absolute Gasteiger partial charge is 0.490 e. The second-order valence-corrected chi connectivity index (χ2v) is 5.29. The van der Waals surface area contributed by atoms with E-state index in [1.807, 2.05) is 18.2 Å². The maximum atomic E-state index is 13.3. The van der Waals surface area contributed by atoms with Crippen molar-refractivity contribution in [1.82, 2.24) is 0 Å². The highest BCUT2D eigenvalue weighted by Gasteiger charge is 2.22. The summed E-state index contributed by atoms with van der Waals surface area (Å²) in [6.45, 7) is 0.412. The minimum absolute atomic E-state index is 0.0101. The first-order chi connectivity index (χ1) is 9.22. The lowest BCUT2D eigenvalue weighted by molar-refractivity contribution is 0.148. The first-order valence-electron chi connectivity index (χ1n) is 6.05. The van der Waals surface area contributed by atoms with Crippen LogP contribution >= 0.6 is 15.9 Å². The van der Waals surface area contributed by atoms with Gasteiger partial charge in [-0.15, -0.1) is 0 Å². The molecule has 0 saturated heterocycles. The Morgan fingerprint density at radius 1 is 1.26 bits per heavy atom. The maximum Gasteiger partial charge on any atom is 0.141 e. The van der Waals surface area contributed by atoms with Crippen LogP contribution in [0.25, 0.3) is 0 Å². The fourth-order valence-electron chi connectivity index (χ4n) is 2.10. The predicted molar refractivity (Wildman–Crippen MR) is 74.2 cm³/mol. The highest BCUT2D eigenvalue weighted by atomic mass is 79.9. The topological polar surface area (TPSA) is 18.5 Å². The zero-order chi connectivity index (χ0) is 13.2. The highest BCUT2D eigenvalue weighted by Crippen LogP contribution is 2.28. The summed E-state index contributed by atoms with van der Waals surface area (Å²) in [5.41, 5.74) is 1.19. The van der Waals surface area contributed by atoms with Crippen molar-refractivity contribution in [2.24, 2.45) is 0 Å². The molecule has 0 radical (unpaired) electrons. The fourth-order valence-corrected chi connectivity index (χ4v) is 2.35. The third kappa shape index (κ3) is 2.73. The molecule has 19 heavy (non-hydrogen) atoms. The lowest BCUT2D eigenvalue weighted by atomic mass is 10.1. The van der Waals surface area contributed by atoms with Crippen LogP contribution in [0.5, 0.6) is 11.5 Å². The molecule has 98 valence electrons. The Kier molecular flexibility index (Phi) is 3.42. The Labute approximate surface area is 119 Å². The van der Waals surface area contributed by atoms with Crippen LogP contribution in [-0.2, 0) is 6.42 Å². The summed E-state index contributed by atoms with van der Waals surface area (Å²) < 4.78 is 25.1. The van der Waals surface area contributed by atoms with Gasteiger partial charge < -0.3 is 9.47 Å². The van der Waals surface area contributed by atoms with Gasteiger partial charge in [0.05, 0.1) is 4.47 Å². The van der Waals surface area contributed by atoms with Crippen LogP contribution in [0, 0.1) is 5.82 Å². The summed E-state index contributed by atoms with van der Waals surface area (Å²) >= 11 is 3.11. The van der Waals surface area contributed by atoms with Crippen molar-refractivity contribution in [3.8, 4) is 11.5 Å². The van der Waals surface area contributed by atoms with Crippen molar-refractivity contribution in [2.45, 2.75) is 12.5 Å². The Morgan fingerprint density at radius 3 is 2.89 bits per heavy atom. The second-order valence-electron chi connectivity index (χ2n) is 4.44. The molecule has 1 aliphatic rings. The average molecular weight is 323 g/mol. The van der Waals surface area contributed by atoms with Crippen molar-refractivity contribution in [3.05, 3.63) is 58.3 Å². The minimum atomic E-state index is -0.326. The van der Waals surface area contributed by atoms with E-state index in [1.54, 1.807) is 12.1 Å². The molecule has 1 unspecified atom stereocenters. The lowest BCUT2D eigenvalue weighted by Gasteiger charge is -2.12. The third-order valence-corrected chi connectivity index (χ3v) is 3.68. The molecular weight excluding hydrogens is 311 g/mol. The van der Waals surface area contributed by atoms with Gasteiger partial charge in [-0.2, -0.15) is 0 Å². The normalized spacial score (nSPS) is 16.8. The Bertz CT molecular complexity index is 575. The fraction of sp³-hybridized carbons (Fsp3) is 0.200. The number of rotatable bonds is 3. The number of halogens is 2. The number of fused-ring (bicyclic) bond motifs is 1. The molecule has 0 N–H and O–H groups in total. The summed E-state index contributed by atoms with van der Waals surface area (Å²) in [6.07, 6.45) is 0.818.